The van der Waals surface area contributed by atoms with Gasteiger partial charge in [-0.15, -0.1) is 0 Å². The molecular formula is C40H45N3Si+2. The van der Waals surface area contributed by atoms with Crippen molar-refractivity contribution in [2.45, 2.75) is 51.9 Å². The van der Waals surface area contributed by atoms with Gasteiger partial charge in [-0.3, -0.25) is 0 Å². The highest BCUT2D eigenvalue weighted by molar-refractivity contribution is 6.82. The van der Waals surface area contributed by atoms with Crippen molar-refractivity contribution in [1.82, 2.24) is 0 Å². The van der Waals surface area contributed by atoms with Crippen molar-refractivity contribution in [2.75, 3.05) is 0 Å². The molecule has 0 aliphatic carbocycles. The summed E-state index contributed by atoms with van der Waals surface area (Å²) in [5, 5.41) is 9.58. The van der Waals surface area contributed by atoms with Crippen molar-refractivity contribution in [1.29, 1.82) is 5.41 Å². The first-order valence-electron chi connectivity index (χ1n) is 15.5. The van der Waals surface area contributed by atoms with Crippen molar-refractivity contribution in [2.24, 2.45) is 5.92 Å². The van der Waals surface area contributed by atoms with Crippen LogP contribution in [0.5, 0.6) is 0 Å². The molecule has 0 bridgehead atoms. The highest BCUT2D eigenvalue weighted by Gasteiger charge is 2.37. The molecule has 1 aromatic heterocycles. The van der Waals surface area contributed by atoms with Crippen molar-refractivity contribution in [3.8, 4) is 33.5 Å². The van der Waals surface area contributed by atoms with E-state index in [1.807, 2.05) is 0 Å². The number of hydrogen-bond acceptors (Lipinski definition) is 1. The Morgan fingerprint density at radius 1 is 0.886 bits per heavy atom. The van der Waals surface area contributed by atoms with E-state index in [1.54, 1.807) is 0 Å². The summed E-state index contributed by atoms with van der Waals surface area (Å²) in [6.45, 7) is 23.0. The fourth-order valence-corrected chi connectivity index (χ4v) is 6.68. The Morgan fingerprint density at radius 2 is 1.48 bits per heavy atom. The Kier molecular flexibility index (Phi) is 9.21. The van der Waals surface area contributed by atoms with Crippen molar-refractivity contribution < 1.29 is 9.14 Å². The van der Waals surface area contributed by atoms with Gasteiger partial charge in [-0.2, -0.15) is 4.57 Å². The molecule has 0 fully saturated rings. The number of aromatic nitrogens is 1. The van der Waals surface area contributed by atoms with Gasteiger partial charge in [0.1, 0.15) is 6.72 Å². The molecule has 222 valence electrons. The summed E-state index contributed by atoms with van der Waals surface area (Å²) >= 11 is 0. The van der Waals surface area contributed by atoms with Gasteiger partial charge in [0.2, 0.25) is 5.69 Å². The summed E-state index contributed by atoms with van der Waals surface area (Å²) in [4.78, 5) is 0. The van der Waals surface area contributed by atoms with E-state index in [1.165, 1.54) is 39.2 Å². The van der Waals surface area contributed by atoms with E-state index in [-0.39, 0.29) is 12.0 Å². The van der Waals surface area contributed by atoms with E-state index in [2.05, 4.69) is 152 Å². The summed E-state index contributed by atoms with van der Waals surface area (Å²) in [5.41, 5.74) is 10.2. The van der Waals surface area contributed by atoms with Crippen LogP contribution in [0.2, 0.25) is 19.6 Å². The fourth-order valence-electron chi connectivity index (χ4n) is 6.13. The quantitative estimate of drug-likeness (QED) is 0.125. The second-order valence-corrected chi connectivity index (χ2v) is 18.3. The SMILES string of the molecule is C=C(C=N)C1CCc2ccccc2-c2cc(-c3ccccc3)c(-c3ccccc3)c[n+]2C(=C)CC1[N+](=C)/C=C(\C)[Si](C)(C)C. The smallest absolute Gasteiger partial charge is 0.219 e. The predicted molar refractivity (Wildman–Crippen MR) is 191 cm³/mol. The summed E-state index contributed by atoms with van der Waals surface area (Å²) in [6.07, 6.45) is 8.40. The van der Waals surface area contributed by atoms with Crippen LogP contribution in [0.25, 0.3) is 39.2 Å². The normalized spacial score (nSPS) is 17.3. The van der Waals surface area contributed by atoms with Gasteiger partial charge in [-0.1, -0.05) is 105 Å². The fraction of sp³-hybridized carbons (Fsp3) is 0.225. The molecule has 4 aromatic rings. The third-order valence-electron chi connectivity index (χ3n) is 9.16. The monoisotopic (exact) mass is 595 g/mol. The van der Waals surface area contributed by atoms with Crippen molar-refractivity contribution >= 4 is 26.7 Å². The first kappa shape index (κ1) is 31.0. The van der Waals surface area contributed by atoms with E-state index in [0.29, 0.717) is 6.42 Å². The van der Waals surface area contributed by atoms with Crippen LogP contribution < -0.4 is 4.57 Å². The van der Waals surface area contributed by atoms with Gasteiger partial charge in [0.05, 0.1) is 20.1 Å². The molecule has 2 unspecified atom stereocenters. The molecule has 4 heteroatoms. The van der Waals surface area contributed by atoms with E-state index < -0.39 is 8.07 Å². The number of fused-ring (bicyclic) bond motifs is 3. The maximum Gasteiger partial charge on any atom is 0.219 e. The highest BCUT2D eigenvalue weighted by atomic mass is 28.3. The summed E-state index contributed by atoms with van der Waals surface area (Å²) in [5.74, 6) is 0.0554. The zero-order valence-corrected chi connectivity index (χ0v) is 27.7. The molecule has 3 nitrogen and oxygen atoms in total. The van der Waals surface area contributed by atoms with Crippen LogP contribution in [0.15, 0.2) is 127 Å². The molecule has 2 atom stereocenters. The van der Waals surface area contributed by atoms with Crippen LogP contribution in [0.3, 0.4) is 0 Å². The van der Waals surface area contributed by atoms with Crippen molar-refractivity contribution in [3.05, 3.63) is 133 Å². The van der Waals surface area contributed by atoms with Crippen LogP contribution in [-0.4, -0.2) is 31.6 Å². The zero-order chi connectivity index (χ0) is 31.4. The Labute approximate surface area is 264 Å². The van der Waals surface area contributed by atoms with Crippen molar-refractivity contribution in [3.63, 3.8) is 0 Å². The first-order valence-corrected chi connectivity index (χ1v) is 19.0. The Balaban J connectivity index is 1.76. The third kappa shape index (κ3) is 6.56. The molecule has 0 amide bonds. The van der Waals surface area contributed by atoms with E-state index in [0.717, 1.165) is 35.4 Å². The van der Waals surface area contributed by atoms with Gasteiger partial charge in [0.25, 0.3) is 0 Å². The molecule has 0 spiro atoms. The number of nitrogens with zero attached hydrogens (tertiary/aromatic N) is 2. The van der Waals surface area contributed by atoms with Gasteiger partial charge in [0.15, 0.2) is 24.1 Å². The van der Waals surface area contributed by atoms with Gasteiger partial charge in [-0.05, 0) is 59.9 Å². The van der Waals surface area contributed by atoms with Crippen LogP contribution in [-0.2, 0) is 6.42 Å². The standard InChI is InChI=1S/C40H45N3Si/c1-29(26-41)35-23-22-34-20-14-15-21-36(34)40-25-37(32-16-10-8-11-17-32)38(33-18-12-9-13-19-33)28-43(40)30(2)24-39(35)42(4)27-31(3)44(5,6)7/h8-21,25-28,35,39,41H,1-2,4,22-24H2,3,5-7H3/q+2/b31-27+,41-26?. The lowest BCUT2D eigenvalue weighted by Crippen LogP contribution is -2.41. The molecule has 5 rings (SSSR count). The second-order valence-electron chi connectivity index (χ2n) is 13.0. The largest absolute Gasteiger partial charge is 0.308 e. The molecule has 3 aromatic carbocycles. The minimum Gasteiger partial charge on any atom is -0.308 e. The number of nitrogens with one attached hydrogen (secondary N) is 1. The van der Waals surface area contributed by atoms with Gasteiger partial charge < -0.3 is 5.41 Å². The topological polar surface area (TPSA) is 30.7 Å². The lowest BCUT2D eigenvalue weighted by molar-refractivity contribution is -0.577. The second kappa shape index (κ2) is 13.1. The maximum atomic E-state index is 8.18. The minimum absolute atomic E-state index is 0.00230. The van der Waals surface area contributed by atoms with Crippen LogP contribution in [0, 0.1) is 11.3 Å². The maximum absolute atomic E-state index is 8.18. The summed E-state index contributed by atoms with van der Waals surface area (Å²) in [6, 6.07) is 32.4. The van der Waals surface area contributed by atoms with Gasteiger partial charge in [0, 0.05) is 29.3 Å². The Bertz CT molecular complexity index is 1740. The van der Waals surface area contributed by atoms with Gasteiger partial charge in [-0.25, -0.2) is 4.58 Å². The van der Waals surface area contributed by atoms with Crippen LogP contribution >= 0.6 is 0 Å². The Hall–Kier alpha value is -4.41. The average Bonchev–Trinajstić information content (AvgIpc) is 3.03. The number of aryl methyl sites for hydroxylation is 1. The molecule has 1 N–H and O–H groups in total. The van der Waals surface area contributed by atoms with Crippen LogP contribution in [0.1, 0.15) is 25.3 Å². The molecule has 0 saturated heterocycles. The van der Waals surface area contributed by atoms with E-state index in [9.17, 15) is 0 Å². The molecule has 0 radical (unpaired) electrons. The zero-order valence-electron chi connectivity index (χ0n) is 26.7. The molecule has 1 aliphatic rings. The molecule has 1 aliphatic heterocycles. The molecule has 44 heavy (non-hydrogen) atoms. The number of hydrogen-bond donors (Lipinski definition) is 1. The van der Waals surface area contributed by atoms with Gasteiger partial charge >= 0.3 is 0 Å². The number of allylic oxidation sites excluding steroid dienone is 1. The van der Waals surface area contributed by atoms with Crippen LogP contribution in [0.4, 0.5) is 0 Å². The molecule has 2 heterocycles. The number of benzene rings is 3. The average molecular weight is 596 g/mol. The summed E-state index contributed by atoms with van der Waals surface area (Å²) in [7, 11) is -1.51. The minimum atomic E-state index is -1.51. The lowest BCUT2D eigenvalue weighted by Gasteiger charge is -2.26. The highest BCUT2D eigenvalue weighted by Crippen LogP contribution is 2.37. The number of rotatable bonds is 7. The first-order chi connectivity index (χ1) is 21.1. The van der Waals surface area contributed by atoms with E-state index in [4.69, 9.17) is 12.0 Å². The number of pyridine rings is 1. The lowest BCUT2D eigenvalue weighted by atomic mass is 9.82. The summed E-state index contributed by atoms with van der Waals surface area (Å²) < 4.78 is 4.45. The molecular weight excluding hydrogens is 551 g/mol. The Morgan fingerprint density at radius 3 is 2.09 bits per heavy atom. The third-order valence-corrected chi connectivity index (χ3v) is 11.7. The molecule has 0 saturated carbocycles. The predicted octanol–water partition coefficient (Wildman–Crippen LogP) is 9.47. The van der Waals surface area contributed by atoms with E-state index >= 15 is 0 Å².